The topological polar surface area (TPSA) is 0 Å². The van der Waals surface area contributed by atoms with Gasteiger partial charge in [-0.2, -0.15) is 0 Å². The van der Waals surface area contributed by atoms with Gasteiger partial charge in [0.2, 0.25) is 0 Å². The number of hydrogen-bond acceptors (Lipinski definition) is 0. The molecule has 1 aromatic carbocycles. The van der Waals surface area contributed by atoms with E-state index < -0.39 is 0 Å². The predicted molar refractivity (Wildman–Crippen MR) is 131 cm³/mol. The Labute approximate surface area is 194 Å². The van der Waals surface area contributed by atoms with Gasteiger partial charge in [-0.25, -0.2) is 0 Å². The molecular weight excluding hydrogens is 484 g/mol. The highest BCUT2D eigenvalue weighted by atomic mass is 79.9. The fourth-order valence-corrected chi connectivity index (χ4v) is 10.5. The third kappa shape index (κ3) is 3.17. The highest BCUT2D eigenvalue weighted by Crippen LogP contribution is 2.64. The maximum absolute atomic E-state index is 4.27. The van der Waals surface area contributed by atoms with Crippen LogP contribution in [0.4, 0.5) is 0 Å². The number of hydrogen-bond donors (Lipinski definition) is 0. The van der Waals surface area contributed by atoms with Gasteiger partial charge in [-0.1, -0.05) is 95.7 Å². The summed E-state index contributed by atoms with van der Waals surface area (Å²) in [5.41, 5.74) is 4.84. The van der Waals surface area contributed by atoms with Crippen LogP contribution in [0, 0.1) is 40.9 Å². The van der Waals surface area contributed by atoms with Gasteiger partial charge in [0.25, 0.3) is 0 Å². The van der Waals surface area contributed by atoms with Crippen molar-refractivity contribution in [3.63, 3.8) is 0 Å². The molecule has 1 aromatic rings. The molecule has 0 nitrogen and oxygen atoms in total. The number of alkyl halides is 1. The highest BCUT2D eigenvalue weighted by molar-refractivity contribution is 9.10. The maximum Gasteiger partial charge on any atom is 0.0250 e. The second kappa shape index (κ2) is 7.51. The minimum atomic E-state index is 0.291. The van der Waals surface area contributed by atoms with E-state index in [1.807, 2.05) is 0 Å². The van der Waals surface area contributed by atoms with Crippen molar-refractivity contribution in [2.24, 2.45) is 40.9 Å². The summed E-state index contributed by atoms with van der Waals surface area (Å²) in [5, 5.41) is 0. The van der Waals surface area contributed by atoms with Gasteiger partial charge < -0.3 is 0 Å². The van der Waals surface area contributed by atoms with Gasteiger partial charge in [0.1, 0.15) is 0 Å². The lowest BCUT2D eigenvalue weighted by atomic mass is 9.56. The molecule has 3 saturated carbocycles. The quantitative estimate of drug-likeness (QED) is 0.342. The van der Waals surface area contributed by atoms with Crippen molar-refractivity contribution in [3.05, 3.63) is 39.4 Å². The molecule has 0 heterocycles. The molecule has 3 fully saturated rings. The summed E-state index contributed by atoms with van der Waals surface area (Å²) in [6.45, 7) is 10.2. The number of rotatable bonds is 2. The lowest BCUT2D eigenvalue weighted by Crippen LogP contribution is -2.45. The van der Waals surface area contributed by atoms with Gasteiger partial charge in [0.15, 0.2) is 0 Å². The lowest BCUT2D eigenvalue weighted by molar-refractivity contribution is 0.0347. The van der Waals surface area contributed by atoms with E-state index in [1.165, 1.54) is 48.6 Å². The smallest absolute Gasteiger partial charge is 0.0250 e. The Bertz CT molecular complexity index is 822. The molecule has 0 spiro atoms. The summed E-state index contributed by atoms with van der Waals surface area (Å²) in [5.74, 6) is 5.90. The third-order valence-corrected chi connectivity index (χ3v) is 11.5. The molecule has 4 aliphatic rings. The van der Waals surface area contributed by atoms with E-state index in [0.29, 0.717) is 11.3 Å². The van der Waals surface area contributed by atoms with Gasteiger partial charge in [-0.3, -0.25) is 0 Å². The second-order valence-corrected chi connectivity index (χ2v) is 13.3. The SMILES string of the molecule is CC1=Cc2c(Br)cccc2C1C(C)(C)C1C(C)CC2C(Br)C3CCCCC3CC21. The molecule has 4 aliphatic carbocycles. The highest BCUT2D eigenvalue weighted by Gasteiger charge is 2.57. The molecule has 29 heavy (non-hydrogen) atoms. The average molecular weight is 520 g/mol. The number of fused-ring (bicyclic) bond motifs is 3. The van der Waals surface area contributed by atoms with Crippen molar-refractivity contribution in [1.82, 2.24) is 0 Å². The summed E-state index contributed by atoms with van der Waals surface area (Å²) < 4.78 is 1.26. The molecule has 0 radical (unpaired) electrons. The van der Waals surface area contributed by atoms with Gasteiger partial charge in [-0.05, 0) is 84.3 Å². The van der Waals surface area contributed by atoms with Gasteiger partial charge in [-0.15, -0.1) is 0 Å². The lowest BCUT2D eigenvalue weighted by Gasteiger charge is -2.50. The van der Waals surface area contributed by atoms with Crippen LogP contribution >= 0.6 is 31.9 Å². The summed E-state index contributed by atoms with van der Waals surface area (Å²) in [4.78, 5) is 0.761. The molecule has 8 atom stereocenters. The minimum Gasteiger partial charge on any atom is -0.0884 e. The summed E-state index contributed by atoms with van der Waals surface area (Å²) in [6.07, 6.45) is 11.3. The fourth-order valence-electron chi connectivity index (χ4n) is 8.72. The predicted octanol–water partition coefficient (Wildman–Crippen LogP) is 8.84. The number of halogens is 2. The van der Waals surface area contributed by atoms with E-state index in [-0.39, 0.29) is 0 Å². The van der Waals surface area contributed by atoms with E-state index in [9.17, 15) is 0 Å². The van der Waals surface area contributed by atoms with E-state index in [4.69, 9.17) is 0 Å². The van der Waals surface area contributed by atoms with Crippen LogP contribution in [0.15, 0.2) is 28.2 Å². The average Bonchev–Trinajstić information content (AvgIpc) is 3.20. The van der Waals surface area contributed by atoms with Gasteiger partial charge in [0.05, 0.1) is 0 Å². The molecule has 0 aromatic heterocycles. The third-order valence-electron chi connectivity index (χ3n) is 9.46. The number of allylic oxidation sites excluding steroid dienone is 1. The van der Waals surface area contributed by atoms with Crippen molar-refractivity contribution < 1.29 is 0 Å². The largest absolute Gasteiger partial charge is 0.0884 e. The first-order chi connectivity index (χ1) is 13.8. The monoisotopic (exact) mass is 518 g/mol. The zero-order valence-electron chi connectivity index (χ0n) is 18.4. The Morgan fingerprint density at radius 1 is 1.00 bits per heavy atom. The van der Waals surface area contributed by atoms with Crippen LogP contribution in [0.2, 0.25) is 0 Å². The Morgan fingerprint density at radius 3 is 2.55 bits per heavy atom. The molecule has 0 bridgehead atoms. The Kier molecular flexibility index (Phi) is 5.38. The molecule has 5 rings (SSSR count). The van der Waals surface area contributed by atoms with Crippen molar-refractivity contribution >= 4 is 37.9 Å². The van der Waals surface area contributed by atoms with E-state index in [0.717, 1.165) is 40.3 Å². The van der Waals surface area contributed by atoms with Gasteiger partial charge in [0, 0.05) is 15.2 Å². The summed E-state index contributed by atoms with van der Waals surface area (Å²) >= 11 is 8.09. The molecule has 0 N–H and O–H groups in total. The Hall–Kier alpha value is -0.0800. The van der Waals surface area contributed by atoms with E-state index in [1.54, 1.807) is 11.1 Å². The molecule has 158 valence electrons. The maximum atomic E-state index is 4.27. The Balaban J connectivity index is 1.50. The van der Waals surface area contributed by atoms with Crippen LogP contribution < -0.4 is 0 Å². The van der Waals surface area contributed by atoms with Crippen molar-refractivity contribution in [1.29, 1.82) is 0 Å². The van der Waals surface area contributed by atoms with Gasteiger partial charge >= 0.3 is 0 Å². The fraction of sp³-hybridized carbons (Fsp3) is 0.704. The summed E-state index contributed by atoms with van der Waals surface area (Å²) in [6, 6.07) is 6.83. The molecule has 8 unspecified atom stereocenters. The van der Waals surface area contributed by atoms with Crippen molar-refractivity contribution in [2.45, 2.75) is 77.0 Å². The normalized spacial score (nSPS) is 41.5. The van der Waals surface area contributed by atoms with Crippen LogP contribution in [-0.4, -0.2) is 4.83 Å². The Morgan fingerprint density at radius 2 is 1.76 bits per heavy atom. The second-order valence-electron chi connectivity index (χ2n) is 11.3. The van der Waals surface area contributed by atoms with Crippen LogP contribution in [0.1, 0.15) is 83.3 Å². The van der Waals surface area contributed by atoms with Crippen LogP contribution in [0.25, 0.3) is 6.08 Å². The van der Waals surface area contributed by atoms with Crippen molar-refractivity contribution in [3.8, 4) is 0 Å². The van der Waals surface area contributed by atoms with Crippen LogP contribution in [0.3, 0.4) is 0 Å². The first-order valence-corrected chi connectivity index (χ1v) is 13.6. The minimum absolute atomic E-state index is 0.291. The first kappa shape index (κ1) is 20.8. The molecule has 0 saturated heterocycles. The molecular formula is C27H36Br2. The molecule has 0 amide bonds. The molecule has 2 heteroatoms. The number of benzene rings is 1. The van der Waals surface area contributed by atoms with Crippen LogP contribution in [0.5, 0.6) is 0 Å². The van der Waals surface area contributed by atoms with E-state index in [2.05, 4.69) is 83.8 Å². The zero-order chi connectivity index (χ0) is 20.5. The van der Waals surface area contributed by atoms with E-state index >= 15 is 0 Å². The summed E-state index contributed by atoms with van der Waals surface area (Å²) in [7, 11) is 0. The van der Waals surface area contributed by atoms with Crippen LogP contribution in [-0.2, 0) is 0 Å². The zero-order valence-corrected chi connectivity index (χ0v) is 21.6. The standard InChI is InChI=1S/C27H36Br2/c1-15-12-20-19(10-7-11-23(20)28)24(15)27(3,4)25-16(2)13-22-21(25)14-17-8-5-6-9-18(17)26(22)29/h7,10-12,16-18,21-22,24-26H,5-6,8-9,13-14H2,1-4H3. The molecule has 0 aliphatic heterocycles. The first-order valence-electron chi connectivity index (χ1n) is 11.9. The van der Waals surface area contributed by atoms with Crippen molar-refractivity contribution in [2.75, 3.05) is 0 Å².